The Hall–Kier alpha value is -3.25. The Kier molecular flexibility index (Phi) is 6.81. The molecule has 0 saturated heterocycles. The first-order valence-corrected chi connectivity index (χ1v) is 10.9. The molecular weight excluding hydrogens is 406 g/mol. The van der Waals surface area contributed by atoms with Crippen LogP contribution in [-0.4, -0.2) is 37.8 Å². The van der Waals surface area contributed by atoms with Crippen molar-refractivity contribution in [3.05, 3.63) is 71.4 Å². The normalized spacial score (nSPS) is 20.4. The van der Waals surface area contributed by atoms with Crippen molar-refractivity contribution in [1.29, 1.82) is 0 Å². The van der Waals surface area contributed by atoms with E-state index in [1.807, 2.05) is 61.5 Å². The van der Waals surface area contributed by atoms with Gasteiger partial charge in [0, 0.05) is 36.4 Å². The zero-order valence-electron chi connectivity index (χ0n) is 18.4. The van der Waals surface area contributed by atoms with Crippen LogP contribution in [0.5, 0.6) is 11.5 Å². The van der Waals surface area contributed by atoms with E-state index in [2.05, 4.69) is 4.99 Å². The summed E-state index contributed by atoms with van der Waals surface area (Å²) >= 11 is 0. The Morgan fingerprint density at radius 1 is 1.03 bits per heavy atom. The summed E-state index contributed by atoms with van der Waals surface area (Å²) in [6.07, 6.45) is 1.98. The van der Waals surface area contributed by atoms with Crippen molar-refractivity contribution in [2.45, 2.75) is 32.1 Å². The van der Waals surface area contributed by atoms with Crippen molar-refractivity contribution in [2.75, 3.05) is 20.3 Å². The number of methoxy groups -OCH3 is 1. The number of allylic oxidation sites excluding steroid dienone is 2. The summed E-state index contributed by atoms with van der Waals surface area (Å²) in [4.78, 5) is 30.8. The number of hydrogen-bond donors (Lipinski definition) is 0. The van der Waals surface area contributed by atoms with Crippen LogP contribution in [-0.2, 0) is 19.1 Å². The minimum absolute atomic E-state index is 0.0524. The summed E-state index contributed by atoms with van der Waals surface area (Å²) in [5, 5.41) is 0. The lowest BCUT2D eigenvalue weighted by Crippen LogP contribution is -2.37. The van der Waals surface area contributed by atoms with Crippen LogP contribution >= 0.6 is 0 Å². The van der Waals surface area contributed by atoms with Gasteiger partial charge < -0.3 is 14.2 Å². The van der Waals surface area contributed by atoms with E-state index < -0.39 is 17.8 Å². The Morgan fingerprint density at radius 2 is 1.81 bits per heavy atom. The van der Waals surface area contributed by atoms with E-state index in [0.29, 0.717) is 30.1 Å². The third-order valence-corrected chi connectivity index (χ3v) is 5.82. The number of ether oxygens (including phenoxy) is 3. The standard InChI is InChI=1S/C26H27NO5/c1-17-23(26(29)31-15-14-30-2)24(25-21(27-17)12-7-13-22(25)28)18-8-6-11-20(16-18)32-19-9-4-3-5-10-19/h3-6,8-11,16,23-24H,7,12-15H2,1-2H3/t23?,24-/m1/s1. The lowest BCUT2D eigenvalue weighted by atomic mass is 9.72. The molecule has 2 atom stereocenters. The number of Topliss-reactive ketones (excluding diaryl/α,β-unsaturated/α-hetero) is 1. The summed E-state index contributed by atoms with van der Waals surface area (Å²) in [5.74, 6) is -0.102. The van der Waals surface area contributed by atoms with Crippen molar-refractivity contribution in [3.8, 4) is 11.5 Å². The second kappa shape index (κ2) is 9.92. The number of para-hydroxylation sites is 1. The van der Waals surface area contributed by atoms with Gasteiger partial charge in [0.25, 0.3) is 0 Å². The highest BCUT2D eigenvalue weighted by Crippen LogP contribution is 2.44. The molecule has 6 heteroatoms. The molecule has 2 aromatic rings. The molecule has 32 heavy (non-hydrogen) atoms. The van der Waals surface area contributed by atoms with Crippen LogP contribution in [0.25, 0.3) is 0 Å². The predicted molar refractivity (Wildman–Crippen MR) is 121 cm³/mol. The van der Waals surface area contributed by atoms with Gasteiger partial charge in [-0.2, -0.15) is 0 Å². The van der Waals surface area contributed by atoms with Crippen molar-refractivity contribution >= 4 is 17.5 Å². The SMILES string of the molecule is COCCOC(=O)C1C(C)=NC2=C(C(=O)CCC2)[C@@H]1c1cccc(Oc2ccccc2)c1. The number of carbonyl (C=O) groups excluding carboxylic acids is 2. The van der Waals surface area contributed by atoms with Gasteiger partial charge >= 0.3 is 5.97 Å². The molecule has 0 fully saturated rings. The molecule has 0 aromatic heterocycles. The average Bonchev–Trinajstić information content (AvgIpc) is 2.79. The number of ketones is 1. The molecule has 0 radical (unpaired) electrons. The number of rotatable bonds is 7. The van der Waals surface area contributed by atoms with Gasteiger partial charge in [-0.1, -0.05) is 30.3 Å². The molecule has 0 bridgehead atoms. The topological polar surface area (TPSA) is 74.2 Å². The molecule has 2 aliphatic rings. The highest BCUT2D eigenvalue weighted by Gasteiger charge is 2.43. The molecule has 1 unspecified atom stereocenters. The summed E-state index contributed by atoms with van der Waals surface area (Å²) in [6.45, 7) is 2.30. The van der Waals surface area contributed by atoms with Gasteiger partial charge in [0.2, 0.25) is 0 Å². The monoisotopic (exact) mass is 433 g/mol. The molecule has 6 nitrogen and oxygen atoms in total. The van der Waals surface area contributed by atoms with Gasteiger partial charge in [-0.3, -0.25) is 14.6 Å². The van der Waals surface area contributed by atoms with Crippen molar-refractivity contribution in [2.24, 2.45) is 10.9 Å². The van der Waals surface area contributed by atoms with Gasteiger partial charge in [0.15, 0.2) is 5.78 Å². The average molecular weight is 434 g/mol. The van der Waals surface area contributed by atoms with Crippen molar-refractivity contribution in [1.82, 2.24) is 0 Å². The van der Waals surface area contributed by atoms with Crippen LogP contribution in [0, 0.1) is 5.92 Å². The minimum Gasteiger partial charge on any atom is -0.463 e. The van der Waals surface area contributed by atoms with Gasteiger partial charge in [-0.15, -0.1) is 0 Å². The first-order chi connectivity index (χ1) is 15.6. The third-order valence-electron chi connectivity index (χ3n) is 5.82. The molecule has 0 amide bonds. The van der Waals surface area contributed by atoms with Crippen LogP contribution < -0.4 is 4.74 Å². The lowest BCUT2D eigenvalue weighted by molar-refractivity contribution is -0.147. The molecule has 1 heterocycles. The fraction of sp³-hybridized carbons (Fsp3) is 0.346. The van der Waals surface area contributed by atoms with E-state index in [9.17, 15) is 9.59 Å². The molecular formula is C26H27NO5. The zero-order valence-corrected chi connectivity index (χ0v) is 18.4. The van der Waals surface area contributed by atoms with E-state index in [0.717, 1.165) is 29.9 Å². The summed E-state index contributed by atoms with van der Waals surface area (Å²) in [7, 11) is 1.56. The second-order valence-corrected chi connectivity index (χ2v) is 7.99. The maximum Gasteiger partial charge on any atom is 0.315 e. The highest BCUT2D eigenvalue weighted by atomic mass is 16.6. The summed E-state index contributed by atoms with van der Waals surface area (Å²) in [6, 6.07) is 17.1. The Morgan fingerprint density at radius 3 is 2.59 bits per heavy atom. The molecule has 4 rings (SSSR count). The Bertz CT molecular complexity index is 1060. The van der Waals surface area contributed by atoms with Gasteiger partial charge in [-0.05, 0) is 49.6 Å². The molecule has 1 aliphatic heterocycles. The molecule has 2 aromatic carbocycles. The predicted octanol–water partition coefficient (Wildman–Crippen LogP) is 4.85. The third kappa shape index (κ3) is 4.65. The smallest absolute Gasteiger partial charge is 0.315 e. The van der Waals surface area contributed by atoms with Crippen LogP contribution in [0.1, 0.15) is 37.7 Å². The fourth-order valence-corrected chi connectivity index (χ4v) is 4.38. The van der Waals surface area contributed by atoms with E-state index in [4.69, 9.17) is 14.2 Å². The van der Waals surface area contributed by atoms with E-state index >= 15 is 0 Å². The lowest BCUT2D eigenvalue weighted by Gasteiger charge is -2.34. The van der Waals surface area contributed by atoms with Crippen LogP contribution in [0.4, 0.5) is 0 Å². The van der Waals surface area contributed by atoms with Crippen LogP contribution in [0.2, 0.25) is 0 Å². The minimum atomic E-state index is -0.667. The summed E-state index contributed by atoms with van der Waals surface area (Å²) in [5.41, 5.74) is 2.93. The van der Waals surface area contributed by atoms with Crippen LogP contribution in [0.3, 0.4) is 0 Å². The molecule has 0 saturated carbocycles. The first-order valence-electron chi connectivity index (χ1n) is 10.9. The number of aliphatic imine (C=N–C) groups is 1. The number of esters is 1. The van der Waals surface area contributed by atoms with E-state index in [1.165, 1.54) is 0 Å². The van der Waals surface area contributed by atoms with Gasteiger partial charge in [-0.25, -0.2) is 0 Å². The van der Waals surface area contributed by atoms with Crippen molar-refractivity contribution in [3.63, 3.8) is 0 Å². The second-order valence-electron chi connectivity index (χ2n) is 7.99. The number of hydrogen-bond acceptors (Lipinski definition) is 6. The zero-order chi connectivity index (χ0) is 22.5. The molecule has 1 aliphatic carbocycles. The largest absolute Gasteiger partial charge is 0.463 e. The van der Waals surface area contributed by atoms with Gasteiger partial charge in [0.1, 0.15) is 24.0 Å². The van der Waals surface area contributed by atoms with Gasteiger partial charge in [0.05, 0.1) is 6.61 Å². The highest BCUT2D eigenvalue weighted by molar-refractivity contribution is 6.08. The van der Waals surface area contributed by atoms with E-state index in [1.54, 1.807) is 7.11 Å². The molecule has 166 valence electrons. The number of nitrogens with zero attached hydrogens (tertiary/aromatic N) is 1. The first kappa shape index (κ1) is 22.0. The maximum absolute atomic E-state index is 13.1. The molecule has 0 spiro atoms. The molecule has 0 N–H and O–H groups in total. The summed E-state index contributed by atoms with van der Waals surface area (Å²) < 4.78 is 16.5. The fourth-order valence-electron chi connectivity index (χ4n) is 4.38. The quantitative estimate of drug-likeness (QED) is 0.461. The van der Waals surface area contributed by atoms with E-state index in [-0.39, 0.29) is 12.4 Å². The Balaban J connectivity index is 1.72. The van der Waals surface area contributed by atoms with Crippen molar-refractivity contribution < 1.29 is 23.8 Å². The number of benzene rings is 2. The maximum atomic E-state index is 13.1. The Labute approximate surface area is 187 Å². The number of carbonyl (C=O) groups is 2. The van der Waals surface area contributed by atoms with Crippen LogP contribution in [0.15, 0.2) is 70.9 Å².